The van der Waals surface area contributed by atoms with E-state index in [1.165, 1.54) is 0 Å². The molecule has 0 spiro atoms. The summed E-state index contributed by atoms with van der Waals surface area (Å²) in [4.78, 5) is 29.2. The quantitative estimate of drug-likeness (QED) is 0.611. The Morgan fingerprint density at radius 2 is 1.94 bits per heavy atom. The molecule has 0 saturated carbocycles. The molecule has 2 amide bonds. The fourth-order valence-corrected chi connectivity index (χ4v) is 3.83. The van der Waals surface area contributed by atoms with Crippen LogP contribution in [0.1, 0.15) is 50.8 Å². The van der Waals surface area contributed by atoms with E-state index in [9.17, 15) is 9.59 Å². The first-order valence-electron chi connectivity index (χ1n) is 10.2. The Balaban J connectivity index is 1.37. The summed E-state index contributed by atoms with van der Waals surface area (Å²) in [6.45, 7) is 1.98. The number of hydrazone groups is 1. The molecule has 2 N–H and O–H groups in total. The molecule has 0 fully saturated rings. The van der Waals surface area contributed by atoms with Crippen LogP contribution in [0.25, 0.3) is 0 Å². The van der Waals surface area contributed by atoms with Gasteiger partial charge in [-0.15, -0.1) is 0 Å². The van der Waals surface area contributed by atoms with E-state index >= 15 is 0 Å². The molecule has 9 nitrogen and oxygen atoms in total. The van der Waals surface area contributed by atoms with Crippen LogP contribution in [0.3, 0.4) is 0 Å². The number of ether oxygens (including phenoxy) is 2. The lowest BCUT2D eigenvalue weighted by Gasteiger charge is -2.13. The number of fused-ring (bicyclic) bond motifs is 2. The van der Waals surface area contributed by atoms with E-state index in [2.05, 4.69) is 20.8 Å². The lowest BCUT2D eigenvalue weighted by Crippen LogP contribution is -2.22. The fourth-order valence-electron chi connectivity index (χ4n) is 3.83. The smallest absolute Gasteiger partial charge is 0.291 e. The van der Waals surface area contributed by atoms with Crippen LogP contribution < -0.4 is 20.2 Å². The lowest BCUT2D eigenvalue weighted by atomic mass is 9.93. The van der Waals surface area contributed by atoms with Crippen molar-refractivity contribution in [3.63, 3.8) is 0 Å². The van der Waals surface area contributed by atoms with Gasteiger partial charge in [0, 0.05) is 35.5 Å². The van der Waals surface area contributed by atoms with Crippen LogP contribution in [-0.2, 0) is 6.42 Å². The van der Waals surface area contributed by atoms with Crippen molar-refractivity contribution in [3.05, 3.63) is 70.9 Å². The average Bonchev–Trinajstić information content (AvgIpc) is 3.42. The Bertz CT molecular complexity index is 1230. The van der Waals surface area contributed by atoms with Crippen LogP contribution in [0.4, 0.5) is 5.69 Å². The third-order valence-electron chi connectivity index (χ3n) is 5.35. The van der Waals surface area contributed by atoms with Gasteiger partial charge in [-0.3, -0.25) is 14.6 Å². The van der Waals surface area contributed by atoms with E-state index in [-0.39, 0.29) is 24.2 Å². The summed E-state index contributed by atoms with van der Waals surface area (Å²) in [7, 11) is 0. The highest BCUT2D eigenvalue weighted by atomic mass is 16.7. The molecule has 0 saturated heterocycles. The van der Waals surface area contributed by atoms with Crippen molar-refractivity contribution >= 4 is 23.2 Å². The van der Waals surface area contributed by atoms with Crippen LogP contribution in [0, 0.1) is 6.92 Å². The molecule has 0 unspecified atom stereocenters. The molecule has 3 aromatic rings. The van der Waals surface area contributed by atoms with Crippen molar-refractivity contribution in [2.24, 2.45) is 5.10 Å². The van der Waals surface area contributed by atoms with Gasteiger partial charge in [-0.05, 0) is 44.0 Å². The zero-order chi connectivity index (χ0) is 22.1. The number of aromatic nitrogens is 1. The lowest BCUT2D eigenvalue weighted by molar-refractivity contribution is 0.0948. The van der Waals surface area contributed by atoms with Gasteiger partial charge in [0.25, 0.3) is 11.8 Å². The second-order valence-corrected chi connectivity index (χ2v) is 7.44. The molecule has 1 aliphatic carbocycles. The number of carbonyl (C=O) groups is 2. The minimum Gasteiger partial charge on any atom is -0.455 e. The van der Waals surface area contributed by atoms with E-state index in [4.69, 9.17) is 13.9 Å². The molecule has 0 atom stereocenters. The van der Waals surface area contributed by atoms with E-state index in [1.54, 1.807) is 42.6 Å². The van der Waals surface area contributed by atoms with Crippen LogP contribution in [0.2, 0.25) is 0 Å². The van der Waals surface area contributed by atoms with Gasteiger partial charge in [-0.2, -0.15) is 5.10 Å². The first kappa shape index (κ1) is 19.8. The summed E-state index contributed by atoms with van der Waals surface area (Å²) in [5, 5.41) is 7.15. The third kappa shape index (κ3) is 3.68. The molecule has 162 valence electrons. The van der Waals surface area contributed by atoms with E-state index in [1.807, 2.05) is 6.92 Å². The summed E-state index contributed by atoms with van der Waals surface area (Å²) < 4.78 is 16.6. The number of hydrogen-bond acceptors (Lipinski definition) is 7. The molecule has 2 aliphatic rings. The van der Waals surface area contributed by atoms with Gasteiger partial charge in [0.1, 0.15) is 11.5 Å². The molecule has 32 heavy (non-hydrogen) atoms. The van der Waals surface area contributed by atoms with Crippen molar-refractivity contribution < 1.29 is 23.5 Å². The number of rotatable bonds is 4. The van der Waals surface area contributed by atoms with Gasteiger partial charge >= 0.3 is 0 Å². The number of hydrogen-bond donors (Lipinski definition) is 2. The number of amides is 2. The third-order valence-corrected chi connectivity index (χ3v) is 5.35. The summed E-state index contributed by atoms with van der Waals surface area (Å²) in [6.07, 6.45) is 3.72. The van der Waals surface area contributed by atoms with Crippen LogP contribution >= 0.6 is 0 Å². The van der Waals surface area contributed by atoms with Gasteiger partial charge in [-0.1, -0.05) is 6.07 Å². The van der Waals surface area contributed by atoms with Crippen molar-refractivity contribution in [2.75, 3.05) is 12.1 Å². The number of nitrogens with zero attached hydrogens (tertiary/aromatic N) is 2. The SMILES string of the molecule is Cc1c(C(=O)Nc2ccc3c(c2)OCO3)oc2c1/C(=N/NC(=O)c1ccccn1)CCC2. The zero-order valence-electron chi connectivity index (χ0n) is 17.3. The second-order valence-electron chi connectivity index (χ2n) is 7.44. The summed E-state index contributed by atoms with van der Waals surface area (Å²) in [5.74, 6) is 1.37. The number of anilines is 1. The molecule has 3 heterocycles. The number of carbonyl (C=O) groups excluding carboxylic acids is 2. The van der Waals surface area contributed by atoms with Crippen molar-refractivity contribution in [2.45, 2.75) is 26.2 Å². The van der Waals surface area contributed by atoms with Gasteiger partial charge in [0.2, 0.25) is 6.79 Å². The van der Waals surface area contributed by atoms with E-state index in [0.717, 1.165) is 12.0 Å². The molecule has 0 radical (unpaired) electrons. The first-order chi connectivity index (χ1) is 15.6. The second kappa shape index (κ2) is 8.18. The molecule has 0 bridgehead atoms. The summed E-state index contributed by atoms with van der Waals surface area (Å²) >= 11 is 0. The summed E-state index contributed by atoms with van der Waals surface area (Å²) in [6, 6.07) is 10.3. The van der Waals surface area contributed by atoms with Gasteiger partial charge in [-0.25, -0.2) is 5.43 Å². The molecule has 2 aromatic heterocycles. The largest absolute Gasteiger partial charge is 0.455 e. The first-order valence-corrected chi connectivity index (χ1v) is 10.2. The predicted molar refractivity (Wildman–Crippen MR) is 115 cm³/mol. The summed E-state index contributed by atoms with van der Waals surface area (Å²) in [5.41, 5.74) is 5.54. The Labute approximate surface area is 183 Å². The number of nitrogens with one attached hydrogen (secondary N) is 2. The van der Waals surface area contributed by atoms with Crippen LogP contribution in [0.15, 0.2) is 52.1 Å². The number of furan rings is 1. The van der Waals surface area contributed by atoms with E-state index < -0.39 is 5.91 Å². The fraction of sp³-hybridized carbons (Fsp3) is 0.217. The normalized spacial score (nSPS) is 15.3. The maximum absolute atomic E-state index is 12.9. The maximum atomic E-state index is 12.9. The molecule has 9 heteroatoms. The Morgan fingerprint density at radius 1 is 1.06 bits per heavy atom. The minimum absolute atomic E-state index is 0.162. The van der Waals surface area contributed by atoms with Crippen molar-refractivity contribution in [1.29, 1.82) is 0 Å². The number of benzene rings is 1. The minimum atomic E-state index is -0.396. The maximum Gasteiger partial charge on any atom is 0.291 e. The Hall–Kier alpha value is -4.14. The average molecular weight is 432 g/mol. The highest BCUT2D eigenvalue weighted by molar-refractivity contribution is 6.09. The van der Waals surface area contributed by atoms with E-state index in [0.29, 0.717) is 47.1 Å². The highest BCUT2D eigenvalue weighted by Gasteiger charge is 2.28. The van der Waals surface area contributed by atoms with Crippen LogP contribution in [0.5, 0.6) is 11.5 Å². The molecule has 1 aliphatic heterocycles. The van der Waals surface area contributed by atoms with Gasteiger partial charge in [0.05, 0.1) is 5.71 Å². The number of aryl methyl sites for hydroxylation is 1. The van der Waals surface area contributed by atoms with Crippen molar-refractivity contribution in [1.82, 2.24) is 10.4 Å². The van der Waals surface area contributed by atoms with Gasteiger partial charge < -0.3 is 19.2 Å². The highest BCUT2D eigenvalue weighted by Crippen LogP contribution is 2.35. The standard InChI is InChI=1S/C23H20N4O5/c1-13-20-15(26-27-22(28)16-5-2-3-10-24-16)6-4-7-18(20)32-21(13)23(29)25-14-8-9-17-19(11-14)31-12-30-17/h2-3,5,8-11H,4,6-7,12H2,1H3,(H,25,29)(H,27,28)/b26-15+. The predicted octanol–water partition coefficient (Wildman–Crippen LogP) is 3.43. The monoisotopic (exact) mass is 432 g/mol. The molecular formula is C23H20N4O5. The zero-order valence-corrected chi connectivity index (χ0v) is 17.3. The van der Waals surface area contributed by atoms with Crippen molar-refractivity contribution in [3.8, 4) is 11.5 Å². The molecular weight excluding hydrogens is 412 g/mol. The molecule has 5 rings (SSSR count). The van der Waals surface area contributed by atoms with Gasteiger partial charge in [0.15, 0.2) is 17.3 Å². The number of pyridine rings is 1. The Kier molecular flexibility index (Phi) is 5.06. The molecule has 1 aromatic carbocycles. The van der Waals surface area contributed by atoms with Crippen LogP contribution in [-0.4, -0.2) is 29.3 Å². The topological polar surface area (TPSA) is 115 Å². The Morgan fingerprint density at radius 3 is 2.78 bits per heavy atom.